The molecule has 3 aromatic carbocycles. The summed E-state index contributed by atoms with van der Waals surface area (Å²) in [6, 6.07) is 20.5. The van der Waals surface area contributed by atoms with E-state index in [2.05, 4.69) is 28.0 Å². The van der Waals surface area contributed by atoms with Crippen LogP contribution >= 0.6 is 0 Å². The number of fused-ring (bicyclic) bond motifs is 1. The summed E-state index contributed by atoms with van der Waals surface area (Å²) in [5, 5.41) is 29.6. The molecular weight excluding hydrogens is 708 g/mol. The van der Waals surface area contributed by atoms with Gasteiger partial charge < -0.3 is 34.6 Å². The number of hydrogen-bond acceptors (Lipinski definition) is 10. The molecular formula is C38H44N2O12S. The standard InChI is InChI=1S/C34H40N2O4S.2C2H2O4/c1-38-29-13-14-30-31(21-25-7-8-27(32(22-25)39-2)24-36-17-5-6-18-36)34(41(37)33(30)23-29)26-9-11-28(12-10-26)40-20-19-35-15-3-4-16-35;2*3-1(4)2(5)6/h7-14,22-23H,3-6,15-21,24H2,1-2H3;2*(H,3,4)(H,5,6). The molecule has 0 aliphatic carbocycles. The highest BCUT2D eigenvalue weighted by Crippen LogP contribution is 2.45. The van der Waals surface area contributed by atoms with Crippen LogP contribution in [0.5, 0.6) is 17.2 Å². The van der Waals surface area contributed by atoms with E-state index >= 15 is 0 Å². The quantitative estimate of drug-likeness (QED) is 0.202. The molecule has 3 aliphatic rings. The molecule has 0 bridgehead atoms. The summed E-state index contributed by atoms with van der Waals surface area (Å²) in [6.45, 7) is 7.19. The lowest BCUT2D eigenvalue weighted by Crippen LogP contribution is -2.25. The van der Waals surface area contributed by atoms with Gasteiger partial charge in [-0.05, 0) is 117 Å². The fourth-order valence-corrected chi connectivity index (χ4v) is 7.84. The molecule has 0 saturated carbocycles. The van der Waals surface area contributed by atoms with Crippen molar-refractivity contribution in [3.05, 3.63) is 82.9 Å². The van der Waals surface area contributed by atoms with Gasteiger partial charge >= 0.3 is 23.9 Å². The Hall–Kier alpha value is -5.25. The molecule has 284 valence electrons. The second kappa shape index (κ2) is 19.5. The van der Waals surface area contributed by atoms with Crippen LogP contribution in [0.2, 0.25) is 0 Å². The van der Waals surface area contributed by atoms with E-state index in [1.54, 1.807) is 14.2 Å². The first-order valence-corrected chi connectivity index (χ1v) is 18.2. The zero-order chi connectivity index (χ0) is 38.5. The minimum Gasteiger partial charge on any atom is -0.497 e. The van der Waals surface area contributed by atoms with Crippen molar-refractivity contribution < 1.29 is 58.0 Å². The Morgan fingerprint density at radius 3 is 1.81 bits per heavy atom. The van der Waals surface area contributed by atoms with Crippen molar-refractivity contribution in [3.63, 3.8) is 0 Å². The summed E-state index contributed by atoms with van der Waals surface area (Å²) in [6.07, 6.45) is 5.77. The lowest BCUT2D eigenvalue weighted by atomic mass is 9.95. The molecule has 3 aliphatic heterocycles. The van der Waals surface area contributed by atoms with E-state index < -0.39 is 34.7 Å². The third-order valence-electron chi connectivity index (χ3n) is 8.86. The molecule has 2 saturated heterocycles. The highest BCUT2D eigenvalue weighted by atomic mass is 32.2. The van der Waals surface area contributed by atoms with E-state index in [0.717, 1.165) is 69.7 Å². The number of carboxylic acids is 4. The van der Waals surface area contributed by atoms with Gasteiger partial charge in [0.05, 0.1) is 34.8 Å². The van der Waals surface area contributed by atoms with E-state index in [-0.39, 0.29) is 0 Å². The monoisotopic (exact) mass is 752 g/mol. The maximum Gasteiger partial charge on any atom is 0.414 e. The molecule has 0 spiro atoms. The summed E-state index contributed by atoms with van der Waals surface area (Å²) in [5.74, 6) is -4.82. The van der Waals surface area contributed by atoms with E-state index in [1.807, 2.05) is 42.5 Å². The van der Waals surface area contributed by atoms with Crippen LogP contribution in [-0.2, 0) is 42.9 Å². The average Bonchev–Trinajstić information content (AvgIpc) is 3.92. The summed E-state index contributed by atoms with van der Waals surface area (Å²) >= 11 is 0. The second-order valence-corrected chi connectivity index (χ2v) is 13.8. The number of carbonyl (C=O) groups is 4. The molecule has 0 amide bonds. The molecule has 0 aromatic heterocycles. The van der Waals surface area contributed by atoms with Gasteiger partial charge in [0.2, 0.25) is 0 Å². The number of ether oxygens (including phenoxy) is 3. The second-order valence-electron chi connectivity index (χ2n) is 12.4. The van der Waals surface area contributed by atoms with Gasteiger partial charge in [-0.15, -0.1) is 0 Å². The molecule has 3 heterocycles. The van der Waals surface area contributed by atoms with Crippen LogP contribution in [0.15, 0.2) is 65.6 Å². The SMILES string of the molecule is COc1ccc2c(c1)S(=O)C(c1ccc(OCCN3CCCC3)cc1)=C2Cc1ccc(CN2CCCC2)c(OC)c1.O=C(O)C(=O)O.O=C(O)C(=O)O. The van der Waals surface area contributed by atoms with Crippen molar-refractivity contribution in [2.24, 2.45) is 0 Å². The topological polar surface area (TPSA) is 200 Å². The minimum atomic E-state index is -1.82. The largest absolute Gasteiger partial charge is 0.497 e. The maximum absolute atomic E-state index is 14.0. The van der Waals surface area contributed by atoms with Crippen LogP contribution in [0.4, 0.5) is 0 Å². The molecule has 1 unspecified atom stereocenters. The summed E-state index contributed by atoms with van der Waals surface area (Å²) in [5.41, 5.74) is 5.41. The number of nitrogens with zero attached hydrogens (tertiary/aromatic N) is 2. The Morgan fingerprint density at radius 1 is 0.698 bits per heavy atom. The molecule has 3 aromatic rings. The zero-order valence-corrected chi connectivity index (χ0v) is 30.4. The minimum absolute atomic E-state index is 0.662. The van der Waals surface area contributed by atoms with Crippen LogP contribution < -0.4 is 14.2 Å². The molecule has 1 atom stereocenters. The highest BCUT2D eigenvalue weighted by Gasteiger charge is 2.30. The van der Waals surface area contributed by atoms with Crippen molar-refractivity contribution >= 4 is 45.2 Å². The third kappa shape index (κ3) is 11.4. The number of hydrogen-bond donors (Lipinski definition) is 4. The molecule has 53 heavy (non-hydrogen) atoms. The number of methoxy groups -OCH3 is 2. The molecule has 14 nitrogen and oxygen atoms in total. The predicted octanol–water partition coefficient (Wildman–Crippen LogP) is 4.32. The zero-order valence-electron chi connectivity index (χ0n) is 29.6. The van der Waals surface area contributed by atoms with E-state index in [1.165, 1.54) is 44.3 Å². The first-order valence-electron chi connectivity index (χ1n) is 17.0. The fourth-order valence-electron chi connectivity index (χ4n) is 6.25. The number of likely N-dealkylation sites (tertiary alicyclic amines) is 2. The number of rotatable bonds is 11. The molecule has 15 heteroatoms. The van der Waals surface area contributed by atoms with E-state index in [0.29, 0.717) is 18.8 Å². The average molecular weight is 753 g/mol. The Bertz CT molecular complexity index is 1780. The van der Waals surface area contributed by atoms with Gasteiger partial charge in [-0.25, -0.2) is 23.4 Å². The van der Waals surface area contributed by atoms with E-state index in [9.17, 15) is 4.21 Å². The van der Waals surface area contributed by atoms with Crippen LogP contribution in [-0.4, -0.2) is 112 Å². The van der Waals surface area contributed by atoms with Gasteiger partial charge in [0.1, 0.15) is 23.9 Å². The molecule has 6 rings (SSSR count). The maximum atomic E-state index is 14.0. The van der Waals surface area contributed by atoms with Crippen molar-refractivity contribution in [3.8, 4) is 17.2 Å². The van der Waals surface area contributed by atoms with Gasteiger partial charge in [0.15, 0.2) is 0 Å². The number of carboxylic acid groups (broad SMARTS) is 4. The number of aliphatic carboxylic acids is 4. The summed E-state index contributed by atoms with van der Waals surface area (Å²) in [4.78, 5) is 43.0. The van der Waals surface area contributed by atoms with Crippen molar-refractivity contribution in [1.29, 1.82) is 0 Å². The van der Waals surface area contributed by atoms with Crippen LogP contribution in [0.3, 0.4) is 0 Å². The van der Waals surface area contributed by atoms with Crippen molar-refractivity contribution in [2.75, 3.05) is 53.6 Å². The number of benzene rings is 3. The van der Waals surface area contributed by atoms with Crippen LogP contribution in [0.25, 0.3) is 10.5 Å². The van der Waals surface area contributed by atoms with Crippen LogP contribution in [0, 0.1) is 0 Å². The lowest BCUT2D eigenvalue weighted by Gasteiger charge is -2.18. The molecule has 4 N–H and O–H groups in total. The Kier molecular flexibility index (Phi) is 14.9. The Morgan fingerprint density at radius 2 is 1.26 bits per heavy atom. The Labute approximate surface area is 309 Å². The first-order chi connectivity index (χ1) is 25.4. The first kappa shape index (κ1) is 40.5. The van der Waals surface area contributed by atoms with Crippen LogP contribution in [0.1, 0.15) is 47.9 Å². The van der Waals surface area contributed by atoms with Gasteiger partial charge in [-0.3, -0.25) is 9.80 Å². The summed E-state index contributed by atoms with van der Waals surface area (Å²) in [7, 11) is 2.08. The van der Waals surface area contributed by atoms with Gasteiger partial charge in [-0.2, -0.15) is 0 Å². The molecule has 2 fully saturated rings. The molecule has 0 radical (unpaired) electrons. The third-order valence-corrected chi connectivity index (χ3v) is 10.4. The van der Waals surface area contributed by atoms with Gasteiger partial charge in [0, 0.05) is 18.7 Å². The number of allylic oxidation sites excluding steroid dienone is 1. The summed E-state index contributed by atoms with van der Waals surface area (Å²) < 4.78 is 31.3. The van der Waals surface area contributed by atoms with Crippen molar-refractivity contribution in [2.45, 2.75) is 43.5 Å². The predicted molar refractivity (Wildman–Crippen MR) is 196 cm³/mol. The van der Waals surface area contributed by atoms with Gasteiger partial charge in [-0.1, -0.05) is 24.3 Å². The fraction of sp³-hybridized carbons (Fsp3) is 0.368. The Balaban J connectivity index is 0.000000453. The van der Waals surface area contributed by atoms with Gasteiger partial charge in [0.25, 0.3) is 0 Å². The lowest BCUT2D eigenvalue weighted by molar-refractivity contribution is -0.159. The normalized spacial score (nSPS) is 16.5. The van der Waals surface area contributed by atoms with Crippen molar-refractivity contribution in [1.82, 2.24) is 9.80 Å². The van der Waals surface area contributed by atoms with E-state index in [4.69, 9.17) is 53.8 Å². The smallest absolute Gasteiger partial charge is 0.414 e. The highest BCUT2D eigenvalue weighted by molar-refractivity contribution is 7.95.